The molecule has 0 unspecified atom stereocenters. The number of thiazole rings is 1. The van der Waals surface area contributed by atoms with Crippen LogP contribution in [-0.2, 0) is 20.9 Å². The van der Waals surface area contributed by atoms with Gasteiger partial charge in [-0.3, -0.25) is 19.1 Å². The number of hydrogen-bond acceptors (Lipinski definition) is 10. The third-order valence-electron chi connectivity index (χ3n) is 8.99. The molecule has 1 fully saturated rings. The molecule has 1 aliphatic rings. The van der Waals surface area contributed by atoms with Gasteiger partial charge in [-0.1, -0.05) is 44.2 Å². The Kier molecular flexibility index (Phi) is 12.1. The number of carbonyl (C=O) groups excluding carboxylic acids is 3. The van der Waals surface area contributed by atoms with E-state index in [2.05, 4.69) is 25.5 Å². The Labute approximate surface area is 309 Å². The number of rotatable bonds is 14. The van der Waals surface area contributed by atoms with Gasteiger partial charge in [0.05, 0.1) is 36.4 Å². The lowest BCUT2D eigenvalue weighted by Crippen LogP contribution is -2.26. The van der Waals surface area contributed by atoms with Crippen LogP contribution in [0, 0.1) is 23.6 Å². The molecule has 5 aromatic rings. The van der Waals surface area contributed by atoms with Crippen molar-refractivity contribution in [3.8, 4) is 22.0 Å². The van der Waals surface area contributed by atoms with Crippen LogP contribution in [0.4, 0.5) is 14.5 Å². The number of esters is 1. The summed E-state index contributed by atoms with van der Waals surface area (Å²) in [6.45, 7) is 6.65. The van der Waals surface area contributed by atoms with Gasteiger partial charge in [0.1, 0.15) is 28.7 Å². The fraction of sp³-hybridized carbons (Fsp3) is 0.395. The Morgan fingerprint density at radius 2 is 1.77 bits per heavy atom. The standard InChI is InChI=1S/C38H41F2N7O5S/c1-4-51-28-12-10-27(11-13-28)46-20-30(35(45-46)34-29(39)14-15-32(40)44-34)42-36(49)31-22-53-37(43-31)26-18-41-47(19-26)38(50)25(16-23(2)3)17-33(48)52-21-24-8-6-5-7-9-24/h5-9,14-15,18-20,22-23,25,27-28H,4,10-13,16-17,21H2,1-3H3,(H,42,49)/t25-,27?,28?/m1/s1. The zero-order valence-corrected chi connectivity index (χ0v) is 30.5. The number of pyridine rings is 1. The lowest BCUT2D eigenvalue weighted by molar-refractivity contribution is -0.145. The molecule has 0 radical (unpaired) electrons. The minimum absolute atomic E-state index is 0.00239. The smallest absolute Gasteiger partial charge is 0.306 e. The quantitative estimate of drug-likeness (QED) is 0.0892. The maximum Gasteiger partial charge on any atom is 0.306 e. The second-order valence-corrected chi connectivity index (χ2v) is 14.3. The number of amides is 1. The fourth-order valence-electron chi connectivity index (χ4n) is 6.42. The average molecular weight is 746 g/mol. The van der Waals surface area contributed by atoms with E-state index in [1.54, 1.807) is 16.3 Å². The molecule has 4 aromatic heterocycles. The number of anilines is 1. The topological polar surface area (TPSA) is 143 Å². The van der Waals surface area contributed by atoms with Gasteiger partial charge in [0.15, 0.2) is 5.82 Å². The van der Waals surface area contributed by atoms with Crippen molar-refractivity contribution in [3.63, 3.8) is 0 Å². The summed E-state index contributed by atoms with van der Waals surface area (Å²) in [4.78, 5) is 48.0. The molecule has 4 heterocycles. The van der Waals surface area contributed by atoms with Crippen molar-refractivity contribution in [2.24, 2.45) is 11.8 Å². The van der Waals surface area contributed by atoms with Crippen LogP contribution in [0.15, 0.2) is 66.4 Å². The van der Waals surface area contributed by atoms with Gasteiger partial charge in [-0.25, -0.2) is 19.0 Å². The van der Waals surface area contributed by atoms with E-state index in [0.717, 1.165) is 43.4 Å². The van der Waals surface area contributed by atoms with Gasteiger partial charge in [0, 0.05) is 29.9 Å². The Morgan fingerprint density at radius 1 is 1.00 bits per heavy atom. The number of benzene rings is 1. The minimum atomic E-state index is -0.882. The van der Waals surface area contributed by atoms with Crippen LogP contribution in [0.1, 0.15) is 86.2 Å². The van der Waals surface area contributed by atoms with E-state index < -0.39 is 29.6 Å². The summed E-state index contributed by atoms with van der Waals surface area (Å²) >= 11 is 1.17. The van der Waals surface area contributed by atoms with Crippen molar-refractivity contribution in [2.75, 3.05) is 11.9 Å². The Morgan fingerprint density at radius 3 is 2.51 bits per heavy atom. The Balaban J connectivity index is 1.16. The number of halogens is 2. The van der Waals surface area contributed by atoms with Crippen LogP contribution in [0.2, 0.25) is 0 Å². The van der Waals surface area contributed by atoms with E-state index in [4.69, 9.17) is 9.47 Å². The summed E-state index contributed by atoms with van der Waals surface area (Å²) in [5.41, 5.74) is 1.25. The van der Waals surface area contributed by atoms with Crippen molar-refractivity contribution < 1.29 is 32.6 Å². The number of nitrogens with one attached hydrogen (secondary N) is 1. The number of nitrogens with zero attached hydrogens (tertiary/aromatic N) is 6. The zero-order chi connectivity index (χ0) is 37.5. The normalized spacial score (nSPS) is 16.4. The Bertz CT molecular complexity index is 2040. The van der Waals surface area contributed by atoms with E-state index in [1.807, 2.05) is 51.1 Å². The van der Waals surface area contributed by atoms with Crippen molar-refractivity contribution in [1.82, 2.24) is 29.5 Å². The second-order valence-electron chi connectivity index (χ2n) is 13.4. The van der Waals surface area contributed by atoms with E-state index >= 15 is 0 Å². The monoisotopic (exact) mass is 745 g/mol. The molecule has 6 rings (SSSR count). The van der Waals surface area contributed by atoms with Crippen molar-refractivity contribution in [2.45, 2.75) is 78.0 Å². The van der Waals surface area contributed by atoms with Crippen molar-refractivity contribution in [1.29, 1.82) is 0 Å². The van der Waals surface area contributed by atoms with Gasteiger partial charge >= 0.3 is 5.97 Å². The van der Waals surface area contributed by atoms with E-state index in [1.165, 1.54) is 28.4 Å². The van der Waals surface area contributed by atoms with E-state index in [0.29, 0.717) is 23.6 Å². The summed E-state index contributed by atoms with van der Waals surface area (Å²) in [7, 11) is 0. The molecular formula is C38H41F2N7O5S. The highest BCUT2D eigenvalue weighted by Crippen LogP contribution is 2.35. The van der Waals surface area contributed by atoms with Crippen LogP contribution < -0.4 is 5.32 Å². The predicted octanol–water partition coefficient (Wildman–Crippen LogP) is 7.75. The molecule has 0 spiro atoms. The number of hydrogen-bond donors (Lipinski definition) is 1. The van der Waals surface area contributed by atoms with Crippen LogP contribution in [-0.4, -0.2) is 60.0 Å². The molecule has 1 aliphatic carbocycles. The molecule has 1 aromatic carbocycles. The van der Waals surface area contributed by atoms with Gasteiger partial charge in [-0.05, 0) is 62.6 Å². The summed E-state index contributed by atoms with van der Waals surface area (Å²) < 4.78 is 43.2. The molecule has 12 nitrogen and oxygen atoms in total. The first kappa shape index (κ1) is 37.6. The van der Waals surface area contributed by atoms with Crippen LogP contribution in [0.3, 0.4) is 0 Å². The molecule has 53 heavy (non-hydrogen) atoms. The molecule has 1 amide bonds. The van der Waals surface area contributed by atoms with E-state index in [-0.39, 0.29) is 59.8 Å². The first-order valence-corrected chi connectivity index (χ1v) is 18.5. The van der Waals surface area contributed by atoms with Crippen molar-refractivity contribution in [3.05, 3.63) is 89.5 Å². The van der Waals surface area contributed by atoms with Gasteiger partial charge < -0.3 is 14.8 Å². The van der Waals surface area contributed by atoms with Crippen molar-refractivity contribution >= 4 is 34.8 Å². The lowest BCUT2D eigenvalue weighted by Gasteiger charge is -2.28. The Hall–Kier alpha value is -5.15. The van der Waals surface area contributed by atoms with Gasteiger partial charge in [0.2, 0.25) is 5.95 Å². The first-order valence-electron chi connectivity index (χ1n) is 17.7. The summed E-state index contributed by atoms with van der Waals surface area (Å²) in [5, 5.41) is 13.6. The van der Waals surface area contributed by atoms with Crippen LogP contribution >= 0.6 is 11.3 Å². The summed E-state index contributed by atoms with van der Waals surface area (Å²) in [6, 6.07) is 11.2. The number of ether oxygens (including phenoxy) is 2. The average Bonchev–Trinajstić information content (AvgIpc) is 3.93. The minimum Gasteiger partial charge on any atom is -0.461 e. The largest absolute Gasteiger partial charge is 0.461 e. The number of aromatic nitrogens is 6. The zero-order valence-electron chi connectivity index (χ0n) is 29.7. The molecule has 15 heteroatoms. The van der Waals surface area contributed by atoms with Gasteiger partial charge in [-0.2, -0.15) is 14.6 Å². The molecular weight excluding hydrogens is 705 g/mol. The highest BCUT2D eigenvalue weighted by atomic mass is 32.1. The summed E-state index contributed by atoms with van der Waals surface area (Å²) in [6.07, 6.45) is 8.30. The summed E-state index contributed by atoms with van der Waals surface area (Å²) in [5.74, 6) is -3.62. The highest BCUT2D eigenvalue weighted by Gasteiger charge is 2.29. The third-order valence-corrected chi connectivity index (χ3v) is 9.88. The van der Waals surface area contributed by atoms with Gasteiger partial charge in [0.25, 0.3) is 11.8 Å². The number of carbonyl (C=O) groups is 3. The maximum absolute atomic E-state index is 14.9. The first-order chi connectivity index (χ1) is 25.6. The molecule has 0 bridgehead atoms. The molecule has 0 aliphatic heterocycles. The lowest BCUT2D eigenvalue weighted by atomic mass is 9.93. The highest BCUT2D eigenvalue weighted by molar-refractivity contribution is 7.13. The maximum atomic E-state index is 14.9. The molecule has 1 N–H and O–H groups in total. The second kappa shape index (κ2) is 17.1. The predicted molar refractivity (Wildman–Crippen MR) is 194 cm³/mol. The fourth-order valence-corrected chi connectivity index (χ4v) is 7.19. The molecule has 1 saturated carbocycles. The molecule has 0 saturated heterocycles. The van der Waals surface area contributed by atoms with Crippen LogP contribution in [0.25, 0.3) is 22.0 Å². The SMILES string of the molecule is CCOC1CCC(n2cc(NC(=O)c3csc(-c4cnn(C(=O)[C@@H](CC(=O)OCc5ccccc5)CC(C)C)c4)n3)c(-c3nc(F)ccc3F)n2)CC1. The van der Waals surface area contributed by atoms with E-state index in [9.17, 15) is 23.2 Å². The molecule has 1 atom stereocenters. The van der Waals surface area contributed by atoms with Gasteiger partial charge in [-0.15, -0.1) is 11.3 Å². The van der Waals surface area contributed by atoms with Crippen LogP contribution in [0.5, 0.6) is 0 Å². The molecule has 278 valence electrons. The third kappa shape index (κ3) is 9.45.